The van der Waals surface area contributed by atoms with Crippen LogP contribution in [-0.4, -0.2) is 31.9 Å². The van der Waals surface area contributed by atoms with Gasteiger partial charge < -0.3 is 15.7 Å². The van der Waals surface area contributed by atoms with E-state index in [4.69, 9.17) is 5.11 Å². The fraction of sp³-hybridized carbons (Fsp3) is 0.455. The van der Waals surface area contributed by atoms with E-state index in [1.54, 1.807) is 0 Å². The molecule has 1 unspecified atom stereocenters. The maximum absolute atomic E-state index is 9.06. The topological polar surface area (TPSA) is 44.3 Å². The standard InChI is InChI=1S/C11H18N2O/c1-12-7-10(9-14)8-13-11-5-3-2-4-6-11/h2-6,10,12-14H,7-9H2,1H3. The van der Waals surface area contributed by atoms with Crippen molar-refractivity contribution in [3.05, 3.63) is 30.3 Å². The van der Waals surface area contributed by atoms with Crippen molar-refractivity contribution in [1.82, 2.24) is 5.32 Å². The Kier molecular flexibility index (Phi) is 5.04. The van der Waals surface area contributed by atoms with Crippen molar-refractivity contribution in [3.8, 4) is 0 Å². The summed E-state index contributed by atoms with van der Waals surface area (Å²) in [6.07, 6.45) is 0. The fourth-order valence-corrected chi connectivity index (χ4v) is 1.31. The number of aliphatic hydroxyl groups excluding tert-OH is 1. The average molecular weight is 194 g/mol. The molecule has 78 valence electrons. The van der Waals surface area contributed by atoms with Gasteiger partial charge in [-0.2, -0.15) is 0 Å². The normalized spacial score (nSPS) is 12.4. The monoisotopic (exact) mass is 194 g/mol. The van der Waals surface area contributed by atoms with E-state index < -0.39 is 0 Å². The first-order chi connectivity index (χ1) is 6.86. The van der Waals surface area contributed by atoms with Gasteiger partial charge >= 0.3 is 0 Å². The van der Waals surface area contributed by atoms with E-state index in [0.717, 1.165) is 18.8 Å². The third-order valence-electron chi connectivity index (χ3n) is 2.12. The molecule has 1 rings (SSSR count). The summed E-state index contributed by atoms with van der Waals surface area (Å²) in [7, 11) is 1.89. The van der Waals surface area contributed by atoms with Crippen LogP contribution in [0.15, 0.2) is 30.3 Å². The van der Waals surface area contributed by atoms with Gasteiger partial charge in [-0.15, -0.1) is 0 Å². The van der Waals surface area contributed by atoms with Gasteiger partial charge in [-0.3, -0.25) is 0 Å². The largest absolute Gasteiger partial charge is 0.396 e. The Balaban J connectivity index is 2.32. The van der Waals surface area contributed by atoms with Gasteiger partial charge in [0.05, 0.1) is 0 Å². The van der Waals surface area contributed by atoms with Crippen LogP contribution in [0.3, 0.4) is 0 Å². The van der Waals surface area contributed by atoms with E-state index in [-0.39, 0.29) is 12.5 Å². The zero-order valence-corrected chi connectivity index (χ0v) is 8.53. The third-order valence-corrected chi connectivity index (χ3v) is 2.12. The first-order valence-corrected chi connectivity index (χ1v) is 4.91. The van der Waals surface area contributed by atoms with Crippen molar-refractivity contribution in [3.63, 3.8) is 0 Å². The minimum absolute atomic E-state index is 0.209. The summed E-state index contributed by atoms with van der Waals surface area (Å²) in [5.74, 6) is 0.264. The maximum Gasteiger partial charge on any atom is 0.0488 e. The molecule has 1 aromatic carbocycles. The second-order valence-electron chi connectivity index (χ2n) is 3.35. The Hall–Kier alpha value is -1.06. The summed E-state index contributed by atoms with van der Waals surface area (Å²) < 4.78 is 0. The van der Waals surface area contributed by atoms with Crippen LogP contribution in [-0.2, 0) is 0 Å². The quantitative estimate of drug-likeness (QED) is 0.631. The molecule has 0 aliphatic heterocycles. The molecule has 0 amide bonds. The minimum Gasteiger partial charge on any atom is -0.396 e. The number of hydrogen-bond donors (Lipinski definition) is 3. The highest BCUT2D eigenvalue weighted by Crippen LogP contribution is 2.05. The maximum atomic E-state index is 9.06. The summed E-state index contributed by atoms with van der Waals surface area (Å²) in [5, 5.41) is 15.4. The van der Waals surface area contributed by atoms with Crippen molar-refractivity contribution in [2.24, 2.45) is 5.92 Å². The number of aliphatic hydroxyl groups is 1. The molecule has 0 aliphatic carbocycles. The molecule has 3 N–H and O–H groups in total. The molecule has 0 aliphatic rings. The number of rotatable bonds is 6. The molecule has 0 fully saturated rings. The molecular weight excluding hydrogens is 176 g/mol. The Morgan fingerprint density at radius 1 is 1.21 bits per heavy atom. The molecule has 1 aromatic rings. The van der Waals surface area contributed by atoms with Gasteiger partial charge in [-0.1, -0.05) is 18.2 Å². The molecule has 1 atom stereocenters. The summed E-state index contributed by atoms with van der Waals surface area (Å²) in [4.78, 5) is 0. The lowest BCUT2D eigenvalue weighted by atomic mass is 10.1. The highest BCUT2D eigenvalue weighted by molar-refractivity contribution is 5.42. The van der Waals surface area contributed by atoms with Gasteiger partial charge in [-0.25, -0.2) is 0 Å². The third kappa shape index (κ3) is 3.77. The van der Waals surface area contributed by atoms with E-state index in [0.29, 0.717) is 0 Å². The van der Waals surface area contributed by atoms with Crippen molar-refractivity contribution in [1.29, 1.82) is 0 Å². The zero-order valence-electron chi connectivity index (χ0n) is 8.53. The zero-order chi connectivity index (χ0) is 10.2. The smallest absolute Gasteiger partial charge is 0.0488 e. The minimum atomic E-state index is 0.209. The second-order valence-corrected chi connectivity index (χ2v) is 3.35. The molecule has 3 nitrogen and oxygen atoms in total. The number of anilines is 1. The lowest BCUT2D eigenvalue weighted by Gasteiger charge is -2.15. The summed E-state index contributed by atoms with van der Waals surface area (Å²) in [6.45, 7) is 1.83. The van der Waals surface area contributed by atoms with E-state index in [2.05, 4.69) is 10.6 Å². The van der Waals surface area contributed by atoms with Crippen LogP contribution >= 0.6 is 0 Å². The summed E-state index contributed by atoms with van der Waals surface area (Å²) in [6, 6.07) is 10.0. The van der Waals surface area contributed by atoms with Crippen molar-refractivity contribution in [2.75, 3.05) is 32.1 Å². The van der Waals surface area contributed by atoms with Crippen LogP contribution in [0, 0.1) is 5.92 Å². The van der Waals surface area contributed by atoms with Gasteiger partial charge in [-0.05, 0) is 19.2 Å². The van der Waals surface area contributed by atoms with Crippen molar-refractivity contribution in [2.45, 2.75) is 0 Å². The number of para-hydroxylation sites is 1. The van der Waals surface area contributed by atoms with Gasteiger partial charge in [0.25, 0.3) is 0 Å². The molecule has 0 saturated carbocycles. The Bertz CT molecular complexity index is 238. The molecule has 0 spiro atoms. The summed E-state index contributed by atoms with van der Waals surface area (Å²) >= 11 is 0. The summed E-state index contributed by atoms with van der Waals surface area (Å²) in [5.41, 5.74) is 1.10. The molecule has 0 saturated heterocycles. The fourth-order valence-electron chi connectivity index (χ4n) is 1.31. The first kappa shape index (κ1) is 11.0. The second kappa shape index (κ2) is 6.40. The lowest BCUT2D eigenvalue weighted by molar-refractivity contribution is 0.231. The van der Waals surface area contributed by atoms with E-state index >= 15 is 0 Å². The number of benzene rings is 1. The van der Waals surface area contributed by atoms with Crippen LogP contribution in [0.4, 0.5) is 5.69 Å². The van der Waals surface area contributed by atoms with Crippen molar-refractivity contribution < 1.29 is 5.11 Å². The molecule has 0 radical (unpaired) electrons. The number of hydrogen-bond acceptors (Lipinski definition) is 3. The van der Waals surface area contributed by atoms with Gasteiger partial charge in [0, 0.05) is 31.3 Å². The molecule has 14 heavy (non-hydrogen) atoms. The average Bonchev–Trinajstić information content (AvgIpc) is 2.25. The van der Waals surface area contributed by atoms with Gasteiger partial charge in [0.1, 0.15) is 0 Å². The van der Waals surface area contributed by atoms with Crippen LogP contribution < -0.4 is 10.6 Å². The highest BCUT2D eigenvalue weighted by atomic mass is 16.3. The predicted molar refractivity (Wildman–Crippen MR) is 59.4 cm³/mol. The van der Waals surface area contributed by atoms with Crippen LogP contribution in [0.2, 0.25) is 0 Å². The highest BCUT2D eigenvalue weighted by Gasteiger charge is 2.04. The van der Waals surface area contributed by atoms with Crippen LogP contribution in [0.25, 0.3) is 0 Å². The first-order valence-electron chi connectivity index (χ1n) is 4.91. The van der Waals surface area contributed by atoms with Crippen molar-refractivity contribution >= 4 is 5.69 Å². The molecule has 0 aromatic heterocycles. The van der Waals surface area contributed by atoms with E-state index in [1.807, 2.05) is 37.4 Å². The number of nitrogens with one attached hydrogen (secondary N) is 2. The lowest BCUT2D eigenvalue weighted by Crippen LogP contribution is -2.28. The van der Waals surface area contributed by atoms with E-state index in [9.17, 15) is 0 Å². The molecule has 0 bridgehead atoms. The SMILES string of the molecule is CNCC(CO)CNc1ccccc1. The Labute approximate surface area is 85.2 Å². The molecule has 3 heteroatoms. The molecule has 0 heterocycles. The van der Waals surface area contributed by atoms with Crippen LogP contribution in [0.5, 0.6) is 0 Å². The molecular formula is C11H18N2O. The van der Waals surface area contributed by atoms with Gasteiger partial charge in [0.2, 0.25) is 0 Å². The van der Waals surface area contributed by atoms with E-state index in [1.165, 1.54) is 0 Å². The van der Waals surface area contributed by atoms with Gasteiger partial charge in [0.15, 0.2) is 0 Å². The Morgan fingerprint density at radius 2 is 1.93 bits per heavy atom. The Morgan fingerprint density at radius 3 is 2.50 bits per heavy atom. The predicted octanol–water partition coefficient (Wildman–Crippen LogP) is 0.926. The van der Waals surface area contributed by atoms with Crippen LogP contribution in [0.1, 0.15) is 0 Å².